The van der Waals surface area contributed by atoms with Gasteiger partial charge in [-0.1, -0.05) is 30.3 Å². The molecule has 2 N–H and O–H groups in total. The van der Waals surface area contributed by atoms with Crippen molar-refractivity contribution >= 4 is 0 Å². The molecule has 0 bridgehead atoms. The number of hydrogen-bond donors (Lipinski definition) is 2. The summed E-state index contributed by atoms with van der Waals surface area (Å²) < 4.78 is 5.85. The molecule has 0 aliphatic heterocycles. The summed E-state index contributed by atoms with van der Waals surface area (Å²) in [4.78, 5) is 0. The molecule has 3 nitrogen and oxygen atoms in total. The summed E-state index contributed by atoms with van der Waals surface area (Å²) in [6, 6.07) is 15.4. The van der Waals surface area contributed by atoms with Crippen LogP contribution in [0.1, 0.15) is 11.1 Å². The predicted octanol–water partition coefficient (Wildman–Crippen LogP) is 2.69. The van der Waals surface area contributed by atoms with E-state index in [-0.39, 0.29) is 6.61 Å². The minimum absolute atomic E-state index is 0.0232. The predicted molar refractivity (Wildman–Crippen MR) is 71.6 cm³/mol. The van der Waals surface area contributed by atoms with Crippen molar-refractivity contribution in [3.05, 3.63) is 59.7 Å². The molecule has 2 aromatic rings. The molecule has 0 heterocycles. The van der Waals surface area contributed by atoms with Crippen molar-refractivity contribution in [2.75, 3.05) is 7.05 Å². The first-order valence-corrected chi connectivity index (χ1v) is 5.93. The Labute approximate surface area is 107 Å². The fraction of sp³-hybridized carbons (Fsp3) is 0.200. The third kappa shape index (κ3) is 3.09. The van der Waals surface area contributed by atoms with Crippen LogP contribution in [0, 0.1) is 0 Å². The second-order valence-electron chi connectivity index (χ2n) is 4.05. The molecule has 0 amide bonds. The van der Waals surface area contributed by atoms with Crippen molar-refractivity contribution in [2.24, 2.45) is 0 Å². The van der Waals surface area contributed by atoms with Crippen LogP contribution in [0.2, 0.25) is 0 Å². The molecule has 0 radical (unpaired) electrons. The Hall–Kier alpha value is -1.84. The van der Waals surface area contributed by atoms with Crippen molar-refractivity contribution in [3.63, 3.8) is 0 Å². The topological polar surface area (TPSA) is 41.5 Å². The van der Waals surface area contributed by atoms with Crippen LogP contribution in [0.3, 0.4) is 0 Å². The smallest absolute Gasteiger partial charge is 0.131 e. The number of para-hydroxylation sites is 1. The maximum atomic E-state index is 9.10. The molecule has 0 spiro atoms. The molecule has 94 valence electrons. The number of benzene rings is 2. The van der Waals surface area contributed by atoms with Crippen LogP contribution in [-0.2, 0) is 13.2 Å². The van der Waals surface area contributed by atoms with Gasteiger partial charge in [0.15, 0.2) is 0 Å². The van der Waals surface area contributed by atoms with E-state index in [0.29, 0.717) is 0 Å². The Kier molecular flexibility index (Phi) is 4.34. The second-order valence-corrected chi connectivity index (χ2v) is 4.05. The van der Waals surface area contributed by atoms with Gasteiger partial charge in [0, 0.05) is 12.1 Å². The van der Waals surface area contributed by atoms with Crippen LogP contribution in [-0.4, -0.2) is 12.2 Å². The first-order chi connectivity index (χ1) is 8.83. The largest absolute Gasteiger partial charge is 0.457 e. The molecule has 0 unspecified atom stereocenters. The van der Waals surface area contributed by atoms with Gasteiger partial charge in [0.05, 0.1) is 6.61 Å². The van der Waals surface area contributed by atoms with Crippen LogP contribution in [0.15, 0.2) is 48.5 Å². The van der Waals surface area contributed by atoms with E-state index in [2.05, 4.69) is 5.32 Å². The van der Waals surface area contributed by atoms with Gasteiger partial charge in [0.2, 0.25) is 0 Å². The Morgan fingerprint density at radius 3 is 2.72 bits per heavy atom. The number of nitrogens with one attached hydrogen (secondary N) is 1. The summed E-state index contributed by atoms with van der Waals surface area (Å²) in [7, 11) is 1.91. The molecule has 18 heavy (non-hydrogen) atoms. The maximum absolute atomic E-state index is 9.10. The number of ether oxygens (including phenoxy) is 1. The molecule has 0 saturated heterocycles. The zero-order chi connectivity index (χ0) is 12.8. The van der Waals surface area contributed by atoms with Gasteiger partial charge < -0.3 is 15.2 Å². The molecular formula is C15H17NO2. The van der Waals surface area contributed by atoms with Gasteiger partial charge in [0.1, 0.15) is 11.5 Å². The van der Waals surface area contributed by atoms with E-state index in [4.69, 9.17) is 9.84 Å². The van der Waals surface area contributed by atoms with E-state index in [1.54, 1.807) is 0 Å². The van der Waals surface area contributed by atoms with Gasteiger partial charge in [-0.15, -0.1) is 0 Å². The lowest BCUT2D eigenvalue weighted by Gasteiger charge is -2.11. The summed E-state index contributed by atoms with van der Waals surface area (Å²) in [5, 5.41) is 12.2. The van der Waals surface area contributed by atoms with Crippen molar-refractivity contribution in [3.8, 4) is 11.5 Å². The van der Waals surface area contributed by atoms with E-state index < -0.39 is 0 Å². The van der Waals surface area contributed by atoms with E-state index in [1.165, 1.54) is 0 Å². The monoisotopic (exact) mass is 243 g/mol. The average molecular weight is 243 g/mol. The molecule has 0 aromatic heterocycles. The molecule has 0 saturated carbocycles. The van der Waals surface area contributed by atoms with Crippen LogP contribution in [0.4, 0.5) is 0 Å². The molecule has 0 fully saturated rings. The van der Waals surface area contributed by atoms with Crippen LogP contribution in [0.5, 0.6) is 11.5 Å². The van der Waals surface area contributed by atoms with Crippen molar-refractivity contribution < 1.29 is 9.84 Å². The van der Waals surface area contributed by atoms with Gasteiger partial charge in [-0.3, -0.25) is 0 Å². The van der Waals surface area contributed by atoms with Crippen LogP contribution >= 0.6 is 0 Å². The van der Waals surface area contributed by atoms with E-state index in [1.807, 2.05) is 55.6 Å². The van der Waals surface area contributed by atoms with Crippen molar-refractivity contribution in [1.82, 2.24) is 5.32 Å². The van der Waals surface area contributed by atoms with Gasteiger partial charge in [-0.2, -0.15) is 0 Å². The molecule has 0 aliphatic carbocycles. The summed E-state index contributed by atoms with van der Waals surface area (Å²) in [5.41, 5.74) is 1.95. The van der Waals surface area contributed by atoms with Crippen LogP contribution in [0.25, 0.3) is 0 Å². The zero-order valence-electron chi connectivity index (χ0n) is 10.4. The average Bonchev–Trinajstić information content (AvgIpc) is 2.41. The highest BCUT2D eigenvalue weighted by molar-refractivity contribution is 5.38. The first kappa shape index (κ1) is 12.6. The number of rotatable bonds is 5. The number of aliphatic hydroxyl groups excluding tert-OH is 1. The molecule has 2 rings (SSSR count). The molecule has 0 aliphatic rings. The highest BCUT2D eigenvalue weighted by Crippen LogP contribution is 2.25. The fourth-order valence-electron chi connectivity index (χ4n) is 1.77. The van der Waals surface area contributed by atoms with Gasteiger partial charge >= 0.3 is 0 Å². The van der Waals surface area contributed by atoms with Gasteiger partial charge in [0.25, 0.3) is 0 Å². The Balaban J connectivity index is 2.22. The molecule has 0 atom stereocenters. The highest BCUT2D eigenvalue weighted by atomic mass is 16.5. The van der Waals surface area contributed by atoms with Crippen LogP contribution < -0.4 is 10.1 Å². The SMILES string of the molecule is CNCc1ccccc1Oc1cccc(CO)c1. The summed E-state index contributed by atoms with van der Waals surface area (Å²) >= 11 is 0. The van der Waals surface area contributed by atoms with Gasteiger partial charge in [-0.05, 0) is 30.8 Å². The van der Waals surface area contributed by atoms with E-state index >= 15 is 0 Å². The van der Waals surface area contributed by atoms with Crippen molar-refractivity contribution in [1.29, 1.82) is 0 Å². The zero-order valence-corrected chi connectivity index (χ0v) is 10.4. The summed E-state index contributed by atoms with van der Waals surface area (Å²) in [6.07, 6.45) is 0. The first-order valence-electron chi connectivity index (χ1n) is 5.93. The lowest BCUT2D eigenvalue weighted by atomic mass is 10.2. The normalized spacial score (nSPS) is 10.3. The summed E-state index contributed by atoms with van der Waals surface area (Å²) in [5.74, 6) is 1.58. The minimum Gasteiger partial charge on any atom is -0.457 e. The lowest BCUT2D eigenvalue weighted by molar-refractivity contribution is 0.281. The fourth-order valence-corrected chi connectivity index (χ4v) is 1.77. The third-order valence-corrected chi connectivity index (χ3v) is 2.65. The third-order valence-electron chi connectivity index (χ3n) is 2.65. The molecule has 2 aromatic carbocycles. The van der Waals surface area contributed by atoms with E-state index in [0.717, 1.165) is 29.2 Å². The number of hydrogen-bond acceptors (Lipinski definition) is 3. The minimum atomic E-state index is 0.0232. The van der Waals surface area contributed by atoms with E-state index in [9.17, 15) is 0 Å². The highest BCUT2D eigenvalue weighted by Gasteiger charge is 2.03. The van der Waals surface area contributed by atoms with Gasteiger partial charge in [-0.25, -0.2) is 0 Å². The number of aliphatic hydroxyl groups is 1. The lowest BCUT2D eigenvalue weighted by Crippen LogP contribution is -2.06. The summed E-state index contributed by atoms with van der Waals surface area (Å²) in [6.45, 7) is 0.783. The standard InChI is InChI=1S/C15H17NO2/c1-16-10-13-6-2-3-8-15(13)18-14-7-4-5-12(9-14)11-17/h2-9,16-17H,10-11H2,1H3. The maximum Gasteiger partial charge on any atom is 0.131 e. The van der Waals surface area contributed by atoms with Crippen molar-refractivity contribution in [2.45, 2.75) is 13.2 Å². The Bertz CT molecular complexity index is 511. The molecule has 3 heteroatoms. The second kappa shape index (κ2) is 6.19. The Morgan fingerprint density at radius 1 is 1.11 bits per heavy atom. The quantitative estimate of drug-likeness (QED) is 0.848. The molecular weight excluding hydrogens is 226 g/mol. The Morgan fingerprint density at radius 2 is 1.94 bits per heavy atom.